The first-order valence-electron chi connectivity index (χ1n) is 7.95. The molecule has 3 heterocycles. The maximum Gasteiger partial charge on any atom is 0.254 e. The summed E-state index contributed by atoms with van der Waals surface area (Å²) in [4.78, 5) is 34.1. The third-order valence-electron chi connectivity index (χ3n) is 3.87. The molecule has 0 spiro atoms. The van der Waals surface area contributed by atoms with Crippen molar-refractivity contribution in [3.63, 3.8) is 0 Å². The van der Waals surface area contributed by atoms with Gasteiger partial charge < -0.3 is 5.32 Å². The predicted octanol–water partition coefficient (Wildman–Crippen LogP) is 3.16. The van der Waals surface area contributed by atoms with Gasteiger partial charge in [0.2, 0.25) is 5.91 Å². The Morgan fingerprint density at radius 3 is 2.81 bits per heavy atom. The standard InChI is InChI=1S/C19H14N4O2S/c24-17(22-14-6-1-4-13-5-2-8-20-19(13)14)11-23-12-21-15(10-18(23)25)16-7-3-9-26-16/h1-10,12H,11H2,(H,22,24). The van der Waals surface area contributed by atoms with Gasteiger partial charge in [-0.25, -0.2) is 4.98 Å². The van der Waals surface area contributed by atoms with Crippen LogP contribution in [0.15, 0.2) is 71.2 Å². The zero-order valence-corrected chi connectivity index (χ0v) is 14.4. The molecule has 0 aliphatic rings. The molecule has 128 valence electrons. The number of hydrogen-bond acceptors (Lipinski definition) is 5. The number of aromatic nitrogens is 3. The number of nitrogens with zero attached hydrogens (tertiary/aromatic N) is 3. The normalized spacial score (nSPS) is 10.8. The molecule has 0 atom stereocenters. The van der Waals surface area contributed by atoms with Crippen molar-refractivity contribution < 1.29 is 4.79 Å². The molecule has 4 rings (SSSR count). The van der Waals surface area contributed by atoms with E-state index in [2.05, 4.69) is 15.3 Å². The van der Waals surface area contributed by atoms with Crippen LogP contribution in [0.1, 0.15) is 0 Å². The maximum absolute atomic E-state index is 12.4. The van der Waals surface area contributed by atoms with Crippen LogP contribution in [-0.4, -0.2) is 20.4 Å². The summed E-state index contributed by atoms with van der Waals surface area (Å²) in [5, 5.41) is 5.68. The van der Waals surface area contributed by atoms with Crippen LogP contribution in [-0.2, 0) is 11.3 Å². The first-order valence-corrected chi connectivity index (χ1v) is 8.82. The van der Waals surface area contributed by atoms with Crippen molar-refractivity contribution in [3.8, 4) is 10.6 Å². The molecule has 1 amide bonds. The quantitative estimate of drug-likeness (QED) is 0.605. The number of carbonyl (C=O) groups is 1. The number of hydrogen-bond donors (Lipinski definition) is 1. The smallest absolute Gasteiger partial charge is 0.254 e. The Hall–Kier alpha value is -3.32. The van der Waals surface area contributed by atoms with Gasteiger partial charge in [0.25, 0.3) is 5.56 Å². The van der Waals surface area contributed by atoms with E-state index >= 15 is 0 Å². The Kier molecular flexibility index (Phi) is 4.28. The van der Waals surface area contributed by atoms with E-state index in [1.165, 1.54) is 28.3 Å². The van der Waals surface area contributed by atoms with Gasteiger partial charge >= 0.3 is 0 Å². The second-order valence-corrected chi connectivity index (χ2v) is 6.59. The fourth-order valence-corrected chi connectivity index (χ4v) is 3.35. The molecule has 3 aromatic heterocycles. The molecule has 0 radical (unpaired) electrons. The van der Waals surface area contributed by atoms with E-state index in [0.29, 0.717) is 16.9 Å². The molecule has 7 heteroatoms. The Morgan fingerprint density at radius 2 is 2.00 bits per heavy atom. The van der Waals surface area contributed by atoms with Crippen LogP contribution in [0.25, 0.3) is 21.5 Å². The van der Waals surface area contributed by atoms with Crippen LogP contribution in [0.3, 0.4) is 0 Å². The van der Waals surface area contributed by atoms with Gasteiger partial charge in [-0.3, -0.25) is 19.1 Å². The van der Waals surface area contributed by atoms with Gasteiger partial charge in [0.1, 0.15) is 6.54 Å². The van der Waals surface area contributed by atoms with E-state index in [4.69, 9.17) is 0 Å². The third kappa shape index (κ3) is 3.25. The Bertz CT molecular complexity index is 1130. The Morgan fingerprint density at radius 1 is 1.12 bits per heavy atom. The average molecular weight is 362 g/mol. The highest BCUT2D eigenvalue weighted by Crippen LogP contribution is 2.21. The summed E-state index contributed by atoms with van der Waals surface area (Å²) in [5.74, 6) is -0.309. The molecule has 0 unspecified atom stereocenters. The summed E-state index contributed by atoms with van der Waals surface area (Å²) in [7, 11) is 0. The highest BCUT2D eigenvalue weighted by atomic mass is 32.1. The summed E-state index contributed by atoms with van der Waals surface area (Å²) in [5.41, 5.74) is 1.67. The van der Waals surface area contributed by atoms with Crippen LogP contribution < -0.4 is 10.9 Å². The number of fused-ring (bicyclic) bond motifs is 1. The summed E-state index contributed by atoms with van der Waals surface area (Å²) in [6, 6.07) is 14.6. The van der Waals surface area contributed by atoms with E-state index in [1.54, 1.807) is 12.3 Å². The number of carbonyl (C=O) groups excluding carboxylic acids is 1. The van der Waals surface area contributed by atoms with E-state index in [-0.39, 0.29) is 18.0 Å². The third-order valence-corrected chi connectivity index (χ3v) is 4.77. The largest absolute Gasteiger partial charge is 0.323 e. The lowest BCUT2D eigenvalue weighted by molar-refractivity contribution is -0.116. The molecule has 4 aromatic rings. The summed E-state index contributed by atoms with van der Waals surface area (Å²) in [6.07, 6.45) is 3.08. The van der Waals surface area contributed by atoms with Crippen LogP contribution in [0.4, 0.5) is 5.69 Å². The van der Waals surface area contributed by atoms with Gasteiger partial charge in [0.05, 0.1) is 28.1 Å². The fourth-order valence-electron chi connectivity index (χ4n) is 2.65. The van der Waals surface area contributed by atoms with Crippen molar-refractivity contribution >= 4 is 33.8 Å². The Labute approximate surface area is 152 Å². The highest BCUT2D eigenvalue weighted by Gasteiger charge is 2.10. The summed E-state index contributed by atoms with van der Waals surface area (Å²) < 4.78 is 1.28. The molecule has 0 fully saturated rings. The van der Waals surface area contributed by atoms with Gasteiger partial charge in [0.15, 0.2) is 0 Å². The van der Waals surface area contributed by atoms with Gasteiger partial charge in [-0.05, 0) is 23.6 Å². The molecule has 1 aromatic carbocycles. The SMILES string of the molecule is O=C(Cn1cnc(-c2cccs2)cc1=O)Nc1cccc2cccnc12. The minimum atomic E-state index is -0.309. The molecule has 0 bridgehead atoms. The minimum absolute atomic E-state index is 0.111. The lowest BCUT2D eigenvalue weighted by Gasteiger charge is -2.09. The molecule has 0 aliphatic heterocycles. The van der Waals surface area contributed by atoms with Gasteiger partial charge in [-0.15, -0.1) is 11.3 Å². The maximum atomic E-state index is 12.4. The number of anilines is 1. The van der Waals surface area contributed by atoms with Crippen LogP contribution in [0.2, 0.25) is 0 Å². The van der Waals surface area contributed by atoms with Crippen molar-refractivity contribution in [2.45, 2.75) is 6.54 Å². The first-order chi connectivity index (χ1) is 12.7. The number of para-hydroxylation sites is 1. The van der Waals surface area contributed by atoms with Crippen molar-refractivity contribution in [3.05, 3.63) is 76.8 Å². The Balaban J connectivity index is 1.54. The van der Waals surface area contributed by atoms with Crippen molar-refractivity contribution in [1.29, 1.82) is 0 Å². The van der Waals surface area contributed by atoms with Crippen molar-refractivity contribution in [1.82, 2.24) is 14.5 Å². The molecule has 1 N–H and O–H groups in total. The van der Waals surface area contributed by atoms with Crippen LogP contribution >= 0.6 is 11.3 Å². The van der Waals surface area contributed by atoms with Crippen molar-refractivity contribution in [2.75, 3.05) is 5.32 Å². The number of pyridine rings is 1. The predicted molar refractivity (Wildman–Crippen MR) is 102 cm³/mol. The average Bonchev–Trinajstić information content (AvgIpc) is 3.18. The van der Waals surface area contributed by atoms with E-state index in [0.717, 1.165) is 10.3 Å². The second-order valence-electron chi connectivity index (χ2n) is 5.65. The zero-order chi connectivity index (χ0) is 17.9. The van der Waals surface area contributed by atoms with E-state index in [1.807, 2.05) is 41.8 Å². The summed E-state index contributed by atoms with van der Waals surface area (Å²) >= 11 is 1.51. The minimum Gasteiger partial charge on any atom is -0.323 e. The molecule has 26 heavy (non-hydrogen) atoms. The molecule has 0 aliphatic carbocycles. The lowest BCUT2D eigenvalue weighted by atomic mass is 10.2. The van der Waals surface area contributed by atoms with Crippen LogP contribution in [0, 0.1) is 0 Å². The van der Waals surface area contributed by atoms with Gasteiger partial charge in [0, 0.05) is 17.6 Å². The van der Waals surface area contributed by atoms with Gasteiger partial charge in [-0.2, -0.15) is 0 Å². The number of thiophene rings is 1. The topological polar surface area (TPSA) is 76.9 Å². The lowest BCUT2D eigenvalue weighted by Crippen LogP contribution is -2.27. The monoisotopic (exact) mass is 362 g/mol. The molecule has 0 saturated carbocycles. The molecule has 6 nitrogen and oxygen atoms in total. The zero-order valence-electron chi connectivity index (χ0n) is 13.6. The van der Waals surface area contributed by atoms with Crippen molar-refractivity contribution in [2.24, 2.45) is 0 Å². The van der Waals surface area contributed by atoms with E-state index in [9.17, 15) is 9.59 Å². The molecular weight excluding hydrogens is 348 g/mol. The number of benzene rings is 1. The first kappa shape index (κ1) is 16.2. The van der Waals surface area contributed by atoms with E-state index < -0.39 is 0 Å². The molecule has 0 saturated heterocycles. The molecular formula is C19H14N4O2S. The van der Waals surface area contributed by atoms with Gasteiger partial charge in [-0.1, -0.05) is 24.3 Å². The number of nitrogens with one attached hydrogen (secondary N) is 1. The number of rotatable bonds is 4. The highest BCUT2D eigenvalue weighted by molar-refractivity contribution is 7.13. The number of amides is 1. The second kappa shape index (κ2) is 6.89. The van der Waals surface area contributed by atoms with Crippen LogP contribution in [0.5, 0.6) is 0 Å². The summed E-state index contributed by atoms with van der Waals surface area (Å²) in [6.45, 7) is -0.111. The fraction of sp³-hybridized carbons (Fsp3) is 0.0526.